The number of rotatable bonds is 9. The Morgan fingerprint density at radius 3 is 2.67 bits per heavy atom. The van der Waals surface area contributed by atoms with E-state index < -0.39 is 0 Å². The second-order valence-corrected chi connectivity index (χ2v) is 5.23. The van der Waals surface area contributed by atoms with Crippen molar-refractivity contribution >= 4 is 0 Å². The van der Waals surface area contributed by atoms with E-state index in [1.807, 2.05) is 0 Å². The molecule has 0 aromatic heterocycles. The Kier molecular flexibility index (Phi) is 8.59. The number of nitrogens with zero attached hydrogens (tertiary/aromatic N) is 1. The van der Waals surface area contributed by atoms with E-state index in [4.69, 9.17) is 4.74 Å². The summed E-state index contributed by atoms with van der Waals surface area (Å²) in [7, 11) is 1.69. The molecule has 0 bridgehead atoms. The molecule has 0 amide bonds. The van der Waals surface area contributed by atoms with Gasteiger partial charge in [-0.1, -0.05) is 26.2 Å². The van der Waals surface area contributed by atoms with E-state index in [2.05, 4.69) is 17.1 Å². The van der Waals surface area contributed by atoms with Gasteiger partial charge in [-0.2, -0.15) is 0 Å². The van der Waals surface area contributed by atoms with Crippen LogP contribution in [0.5, 0.6) is 0 Å². The Balaban J connectivity index is 2.19. The molecule has 0 aromatic carbocycles. The minimum atomic E-state index is -0.274. The highest BCUT2D eigenvalue weighted by Gasteiger charge is 2.21. The maximum Gasteiger partial charge on any atom is 0.0791 e. The zero-order chi connectivity index (χ0) is 13.2. The number of hydrogen-bond donors (Lipinski definition) is 2. The summed E-state index contributed by atoms with van der Waals surface area (Å²) < 4.78 is 4.97. The van der Waals surface area contributed by atoms with Crippen molar-refractivity contribution in [3.63, 3.8) is 0 Å². The quantitative estimate of drug-likeness (QED) is 0.611. The van der Waals surface area contributed by atoms with Gasteiger partial charge in [-0.05, 0) is 19.4 Å². The van der Waals surface area contributed by atoms with Crippen LogP contribution in [0.4, 0.5) is 0 Å². The van der Waals surface area contributed by atoms with Crippen LogP contribution in [-0.2, 0) is 4.74 Å². The maximum absolute atomic E-state index is 10.0. The van der Waals surface area contributed by atoms with Gasteiger partial charge in [0, 0.05) is 32.8 Å². The maximum atomic E-state index is 10.0. The topological polar surface area (TPSA) is 44.7 Å². The summed E-state index contributed by atoms with van der Waals surface area (Å²) in [5.41, 5.74) is 0. The minimum Gasteiger partial charge on any atom is -0.390 e. The van der Waals surface area contributed by atoms with Crippen LogP contribution in [0.2, 0.25) is 0 Å². The van der Waals surface area contributed by atoms with Crippen LogP contribution < -0.4 is 5.32 Å². The molecule has 1 rings (SSSR count). The van der Waals surface area contributed by atoms with Gasteiger partial charge in [0.05, 0.1) is 12.7 Å². The number of methoxy groups -OCH3 is 1. The second-order valence-electron chi connectivity index (χ2n) is 5.23. The number of aliphatic hydroxyl groups is 1. The summed E-state index contributed by atoms with van der Waals surface area (Å²) in [6.45, 7) is 6.20. The van der Waals surface area contributed by atoms with Crippen LogP contribution in [0.15, 0.2) is 0 Å². The Morgan fingerprint density at radius 1 is 1.33 bits per heavy atom. The molecule has 18 heavy (non-hydrogen) atoms. The highest BCUT2D eigenvalue weighted by atomic mass is 16.5. The molecule has 108 valence electrons. The Morgan fingerprint density at radius 2 is 2.06 bits per heavy atom. The fourth-order valence-electron chi connectivity index (χ4n) is 2.76. The molecule has 4 heteroatoms. The molecular weight excluding hydrogens is 228 g/mol. The first kappa shape index (κ1) is 15.9. The number of nitrogens with one attached hydrogen (secondary N) is 1. The van der Waals surface area contributed by atoms with E-state index in [1.165, 1.54) is 32.1 Å². The van der Waals surface area contributed by atoms with Crippen molar-refractivity contribution in [2.24, 2.45) is 0 Å². The van der Waals surface area contributed by atoms with Crippen molar-refractivity contribution in [2.75, 3.05) is 39.9 Å². The van der Waals surface area contributed by atoms with Crippen molar-refractivity contribution in [1.29, 1.82) is 0 Å². The molecule has 0 radical (unpaired) electrons. The number of aliphatic hydroxyl groups excluding tert-OH is 1. The molecule has 1 aliphatic rings. The fourth-order valence-corrected chi connectivity index (χ4v) is 2.76. The third-order valence-electron chi connectivity index (χ3n) is 3.81. The van der Waals surface area contributed by atoms with Gasteiger partial charge in [0.1, 0.15) is 0 Å². The standard InChI is InChI=1S/C14H30N2O2/c1-3-16(13-7-5-4-6-8-13)12-14(17)11-15-9-10-18-2/h13-15,17H,3-12H2,1-2H3. The smallest absolute Gasteiger partial charge is 0.0791 e. The summed E-state index contributed by atoms with van der Waals surface area (Å²) in [4.78, 5) is 2.45. The third kappa shape index (κ3) is 6.14. The summed E-state index contributed by atoms with van der Waals surface area (Å²) in [5, 5.41) is 13.3. The highest BCUT2D eigenvalue weighted by molar-refractivity contribution is 4.77. The van der Waals surface area contributed by atoms with Crippen LogP contribution in [-0.4, -0.2) is 62.0 Å². The zero-order valence-electron chi connectivity index (χ0n) is 12.0. The van der Waals surface area contributed by atoms with Gasteiger partial charge in [0.2, 0.25) is 0 Å². The third-order valence-corrected chi connectivity index (χ3v) is 3.81. The Hall–Kier alpha value is -0.160. The van der Waals surface area contributed by atoms with Gasteiger partial charge in [-0.25, -0.2) is 0 Å². The second kappa shape index (κ2) is 9.73. The Bertz CT molecular complexity index is 196. The van der Waals surface area contributed by atoms with E-state index in [-0.39, 0.29) is 6.10 Å². The summed E-state index contributed by atoms with van der Waals surface area (Å²) in [6, 6.07) is 0.692. The molecule has 1 saturated carbocycles. The van der Waals surface area contributed by atoms with E-state index in [0.717, 1.165) is 19.6 Å². The van der Waals surface area contributed by atoms with E-state index in [1.54, 1.807) is 7.11 Å². The lowest BCUT2D eigenvalue weighted by Crippen LogP contribution is -2.44. The van der Waals surface area contributed by atoms with Crippen molar-refractivity contribution in [3.05, 3.63) is 0 Å². The van der Waals surface area contributed by atoms with Crippen LogP contribution in [0, 0.1) is 0 Å². The van der Waals surface area contributed by atoms with Crippen molar-refractivity contribution in [1.82, 2.24) is 10.2 Å². The zero-order valence-corrected chi connectivity index (χ0v) is 12.0. The van der Waals surface area contributed by atoms with Gasteiger partial charge >= 0.3 is 0 Å². The lowest BCUT2D eigenvalue weighted by Gasteiger charge is -2.34. The Labute approximate surface area is 112 Å². The first-order valence-corrected chi connectivity index (χ1v) is 7.39. The lowest BCUT2D eigenvalue weighted by molar-refractivity contribution is 0.0752. The molecule has 4 nitrogen and oxygen atoms in total. The molecule has 1 aliphatic carbocycles. The molecule has 0 heterocycles. The molecule has 0 aromatic rings. The molecular formula is C14H30N2O2. The molecule has 2 N–H and O–H groups in total. The fraction of sp³-hybridized carbons (Fsp3) is 1.00. The monoisotopic (exact) mass is 258 g/mol. The largest absolute Gasteiger partial charge is 0.390 e. The van der Waals surface area contributed by atoms with Gasteiger partial charge in [0.25, 0.3) is 0 Å². The normalized spacial score (nSPS) is 19.3. The first-order chi connectivity index (χ1) is 8.77. The van der Waals surface area contributed by atoms with Crippen LogP contribution >= 0.6 is 0 Å². The van der Waals surface area contributed by atoms with E-state index >= 15 is 0 Å². The number of likely N-dealkylation sites (N-methyl/N-ethyl adjacent to an activating group) is 1. The van der Waals surface area contributed by atoms with Crippen LogP contribution in [0.1, 0.15) is 39.0 Å². The molecule has 0 saturated heterocycles. The number of hydrogen-bond acceptors (Lipinski definition) is 4. The molecule has 0 aliphatic heterocycles. The molecule has 0 spiro atoms. The average Bonchev–Trinajstić information content (AvgIpc) is 2.42. The van der Waals surface area contributed by atoms with Crippen molar-refractivity contribution in [3.8, 4) is 0 Å². The average molecular weight is 258 g/mol. The van der Waals surface area contributed by atoms with Crippen molar-refractivity contribution in [2.45, 2.75) is 51.2 Å². The summed E-state index contributed by atoms with van der Waals surface area (Å²) in [6.07, 6.45) is 6.42. The van der Waals surface area contributed by atoms with Crippen LogP contribution in [0.3, 0.4) is 0 Å². The van der Waals surface area contributed by atoms with Gasteiger partial charge in [-0.15, -0.1) is 0 Å². The number of ether oxygens (including phenoxy) is 1. The van der Waals surface area contributed by atoms with Crippen LogP contribution in [0.25, 0.3) is 0 Å². The predicted molar refractivity (Wildman–Crippen MR) is 74.9 cm³/mol. The highest BCUT2D eigenvalue weighted by Crippen LogP contribution is 2.22. The predicted octanol–water partition coefficient (Wildman–Crippen LogP) is 1.24. The summed E-state index contributed by atoms with van der Waals surface area (Å²) in [5.74, 6) is 0. The van der Waals surface area contributed by atoms with Gasteiger partial charge < -0.3 is 15.2 Å². The minimum absolute atomic E-state index is 0.274. The molecule has 1 unspecified atom stereocenters. The first-order valence-electron chi connectivity index (χ1n) is 7.39. The van der Waals surface area contributed by atoms with E-state index in [9.17, 15) is 5.11 Å². The molecule has 1 fully saturated rings. The van der Waals surface area contributed by atoms with Gasteiger partial charge in [0.15, 0.2) is 0 Å². The van der Waals surface area contributed by atoms with Crippen molar-refractivity contribution < 1.29 is 9.84 Å². The SMILES string of the molecule is CCN(CC(O)CNCCOC)C1CCCCC1. The lowest BCUT2D eigenvalue weighted by atomic mass is 9.94. The van der Waals surface area contributed by atoms with Gasteiger partial charge in [-0.3, -0.25) is 4.90 Å². The van der Waals surface area contributed by atoms with E-state index in [0.29, 0.717) is 19.2 Å². The molecule has 1 atom stereocenters. The summed E-state index contributed by atoms with van der Waals surface area (Å²) >= 11 is 0.